The molecular formula is C25H26ClN3O2. The van der Waals surface area contributed by atoms with Crippen LogP contribution in [0.25, 0.3) is 0 Å². The molecule has 1 N–H and O–H groups in total. The number of ether oxygens (including phenoxy) is 1. The molecule has 4 rings (SSSR count). The van der Waals surface area contributed by atoms with Crippen molar-refractivity contribution < 1.29 is 9.53 Å². The highest BCUT2D eigenvalue weighted by atomic mass is 35.5. The van der Waals surface area contributed by atoms with Gasteiger partial charge < -0.3 is 15.0 Å². The summed E-state index contributed by atoms with van der Waals surface area (Å²) in [6, 6.07) is 25.5. The molecule has 1 saturated heterocycles. The maximum absolute atomic E-state index is 12.6. The third-order valence-corrected chi connectivity index (χ3v) is 5.56. The molecule has 0 bridgehead atoms. The quantitative estimate of drug-likeness (QED) is 0.578. The topological polar surface area (TPSA) is 44.8 Å². The molecule has 0 radical (unpaired) electrons. The van der Waals surface area contributed by atoms with E-state index >= 15 is 0 Å². The number of anilines is 2. The smallest absolute Gasteiger partial charge is 0.260 e. The molecule has 0 saturated carbocycles. The third kappa shape index (κ3) is 6.23. The van der Waals surface area contributed by atoms with E-state index in [1.807, 2.05) is 71.6 Å². The Morgan fingerprint density at radius 2 is 1.58 bits per heavy atom. The van der Waals surface area contributed by atoms with Crippen LogP contribution in [-0.4, -0.2) is 48.5 Å². The van der Waals surface area contributed by atoms with E-state index in [1.54, 1.807) is 0 Å². The lowest BCUT2D eigenvalue weighted by atomic mass is 10.2. The summed E-state index contributed by atoms with van der Waals surface area (Å²) in [4.78, 5) is 16.8. The van der Waals surface area contributed by atoms with Crippen LogP contribution in [0.1, 0.15) is 5.56 Å². The summed E-state index contributed by atoms with van der Waals surface area (Å²) in [7, 11) is 0. The lowest BCUT2D eigenvalue weighted by Crippen LogP contribution is -2.49. The predicted octanol–water partition coefficient (Wildman–Crippen LogP) is 4.81. The highest BCUT2D eigenvalue weighted by Crippen LogP contribution is 2.21. The van der Waals surface area contributed by atoms with Gasteiger partial charge in [-0.15, -0.1) is 0 Å². The van der Waals surface area contributed by atoms with Crippen molar-refractivity contribution in [3.05, 3.63) is 89.4 Å². The zero-order valence-electron chi connectivity index (χ0n) is 17.3. The average Bonchev–Trinajstić information content (AvgIpc) is 2.80. The number of hydrogen-bond donors (Lipinski definition) is 1. The van der Waals surface area contributed by atoms with Crippen LogP contribution in [0.2, 0.25) is 5.02 Å². The molecule has 0 aliphatic carbocycles. The first-order chi connectivity index (χ1) is 15.2. The molecule has 3 aromatic carbocycles. The van der Waals surface area contributed by atoms with E-state index in [0.717, 1.165) is 36.0 Å². The first kappa shape index (κ1) is 21.2. The maximum atomic E-state index is 12.6. The zero-order chi connectivity index (χ0) is 21.5. The number of halogens is 1. The van der Waals surface area contributed by atoms with Gasteiger partial charge in [-0.25, -0.2) is 0 Å². The highest BCUT2D eigenvalue weighted by Gasteiger charge is 2.21. The van der Waals surface area contributed by atoms with Crippen LogP contribution in [0.15, 0.2) is 78.9 Å². The van der Waals surface area contributed by atoms with Crippen LogP contribution in [0.4, 0.5) is 11.4 Å². The number of piperazine rings is 1. The lowest BCUT2D eigenvalue weighted by Gasteiger charge is -2.34. The van der Waals surface area contributed by atoms with E-state index in [9.17, 15) is 4.79 Å². The third-order valence-electron chi connectivity index (χ3n) is 5.30. The molecule has 1 aliphatic rings. The van der Waals surface area contributed by atoms with Crippen molar-refractivity contribution in [3.8, 4) is 5.75 Å². The van der Waals surface area contributed by atoms with Gasteiger partial charge in [0.15, 0.2) is 6.61 Å². The second kappa shape index (κ2) is 10.3. The molecule has 1 heterocycles. The van der Waals surface area contributed by atoms with Gasteiger partial charge in [-0.2, -0.15) is 0 Å². The average molecular weight is 436 g/mol. The van der Waals surface area contributed by atoms with Crippen LogP contribution < -0.4 is 10.1 Å². The molecule has 0 unspecified atom stereocenters. The Balaban J connectivity index is 1.23. The van der Waals surface area contributed by atoms with Gasteiger partial charge in [-0.3, -0.25) is 9.69 Å². The number of rotatable bonds is 7. The molecule has 0 spiro atoms. The molecule has 5 nitrogen and oxygen atoms in total. The molecule has 0 aromatic heterocycles. The number of hydrogen-bond acceptors (Lipinski definition) is 4. The van der Waals surface area contributed by atoms with Gasteiger partial charge in [-0.05, 0) is 42.0 Å². The van der Waals surface area contributed by atoms with Crippen LogP contribution in [0.5, 0.6) is 5.75 Å². The Morgan fingerprint density at radius 3 is 2.32 bits per heavy atom. The number of nitrogens with one attached hydrogen (secondary N) is 1. The van der Waals surface area contributed by atoms with Crippen molar-refractivity contribution in [1.82, 2.24) is 9.80 Å². The lowest BCUT2D eigenvalue weighted by molar-refractivity contribution is -0.135. The zero-order valence-corrected chi connectivity index (χ0v) is 18.1. The van der Waals surface area contributed by atoms with Gasteiger partial charge in [0.2, 0.25) is 0 Å². The second-order valence-corrected chi connectivity index (χ2v) is 8.03. The Labute approximate surface area is 188 Å². The molecule has 6 heteroatoms. The Bertz CT molecular complexity index is 987. The SMILES string of the molecule is O=C(COc1cccc(Nc2ccccc2)c1)N1CCN(Cc2ccc(Cl)cc2)CC1. The van der Waals surface area contributed by atoms with Crippen molar-refractivity contribution in [2.45, 2.75) is 6.54 Å². The van der Waals surface area contributed by atoms with Crippen LogP contribution in [0, 0.1) is 0 Å². The summed E-state index contributed by atoms with van der Waals surface area (Å²) < 4.78 is 5.78. The predicted molar refractivity (Wildman–Crippen MR) is 125 cm³/mol. The van der Waals surface area contributed by atoms with Gasteiger partial charge in [0.1, 0.15) is 5.75 Å². The first-order valence-corrected chi connectivity index (χ1v) is 10.8. The van der Waals surface area contributed by atoms with Gasteiger partial charge in [0.05, 0.1) is 0 Å². The van der Waals surface area contributed by atoms with Gasteiger partial charge in [0.25, 0.3) is 5.91 Å². The summed E-state index contributed by atoms with van der Waals surface area (Å²) in [5.41, 5.74) is 3.16. The van der Waals surface area contributed by atoms with Crippen molar-refractivity contribution in [1.29, 1.82) is 0 Å². The minimum absolute atomic E-state index is 0.0209. The summed E-state index contributed by atoms with van der Waals surface area (Å²) >= 11 is 5.95. The first-order valence-electron chi connectivity index (χ1n) is 10.5. The van der Waals surface area contributed by atoms with E-state index in [-0.39, 0.29) is 12.5 Å². The largest absolute Gasteiger partial charge is 0.484 e. The van der Waals surface area contributed by atoms with Crippen molar-refractivity contribution >= 4 is 28.9 Å². The minimum Gasteiger partial charge on any atom is -0.484 e. The van der Waals surface area contributed by atoms with Gasteiger partial charge >= 0.3 is 0 Å². The van der Waals surface area contributed by atoms with Crippen LogP contribution in [-0.2, 0) is 11.3 Å². The Morgan fingerprint density at radius 1 is 0.871 bits per heavy atom. The summed E-state index contributed by atoms with van der Waals surface area (Å²) in [6.45, 7) is 4.05. The molecule has 160 valence electrons. The number of benzene rings is 3. The second-order valence-electron chi connectivity index (χ2n) is 7.59. The van der Waals surface area contributed by atoms with Crippen molar-refractivity contribution in [2.75, 3.05) is 38.1 Å². The number of carbonyl (C=O) groups is 1. The van der Waals surface area contributed by atoms with Crippen molar-refractivity contribution in [3.63, 3.8) is 0 Å². The fraction of sp³-hybridized carbons (Fsp3) is 0.240. The fourth-order valence-electron chi connectivity index (χ4n) is 3.59. The molecule has 1 amide bonds. The monoisotopic (exact) mass is 435 g/mol. The molecule has 31 heavy (non-hydrogen) atoms. The molecule has 1 fully saturated rings. The Hall–Kier alpha value is -3.02. The van der Waals surface area contributed by atoms with E-state index in [2.05, 4.69) is 22.3 Å². The molecule has 3 aromatic rings. The van der Waals surface area contributed by atoms with Gasteiger partial charge in [0, 0.05) is 55.2 Å². The maximum Gasteiger partial charge on any atom is 0.260 e. The van der Waals surface area contributed by atoms with E-state index in [0.29, 0.717) is 18.8 Å². The summed E-state index contributed by atoms with van der Waals surface area (Å²) in [5.74, 6) is 0.697. The minimum atomic E-state index is 0.0209. The number of carbonyl (C=O) groups excluding carboxylic acids is 1. The van der Waals surface area contributed by atoms with Gasteiger partial charge in [-0.1, -0.05) is 48.0 Å². The van der Waals surface area contributed by atoms with E-state index < -0.39 is 0 Å². The molecule has 1 aliphatic heterocycles. The normalized spacial score (nSPS) is 14.3. The number of para-hydroxylation sites is 1. The van der Waals surface area contributed by atoms with Crippen LogP contribution in [0.3, 0.4) is 0 Å². The number of amides is 1. The van der Waals surface area contributed by atoms with E-state index in [1.165, 1.54) is 5.56 Å². The van der Waals surface area contributed by atoms with Crippen LogP contribution >= 0.6 is 11.6 Å². The number of nitrogens with zero attached hydrogens (tertiary/aromatic N) is 2. The summed E-state index contributed by atoms with van der Waals surface area (Å²) in [5, 5.41) is 4.09. The highest BCUT2D eigenvalue weighted by molar-refractivity contribution is 6.30. The standard InChI is InChI=1S/C25H26ClN3O2/c26-21-11-9-20(10-12-21)18-28-13-15-29(16-14-28)25(30)19-31-24-8-4-7-23(17-24)27-22-5-2-1-3-6-22/h1-12,17,27H,13-16,18-19H2. The fourth-order valence-corrected chi connectivity index (χ4v) is 3.72. The van der Waals surface area contributed by atoms with E-state index in [4.69, 9.17) is 16.3 Å². The molecule has 0 atom stereocenters. The molecular weight excluding hydrogens is 410 g/mol. The summed E-state index contributed by atoms with van der Waals surface area (Å²) in [6.07, 6.45) is 0. The van der Waals surface area contributed by atoms with Crippen molar-refractivity contribution in [2.24, 2.45) is 0 Å². The Kier molecular flexibility index (Phi) is 7.07.